The molecule has 1 heterocycles. The number of para-hydroxylation sites is 1. The number of amides is 2. The predicted molar refractivity (Wildman–Crippen MR) is 94.3 cm³/mol. The molecule has 2 N–H and O–H groups in total. The van der Waals surface area contributed by atoms with Crippen molar-refractivity contribution >= 4 is 23.3 Å². The van der Waals surface area contributed by atoms with Crippen molar-refractivity contribution in [1.82, 2.24) is 15.0 Å². The Bertz CT molecular complexity index is 875. The first kappa shape index (κ1) is 16.4. The molecule has 2 aromatic carbocycles. The minimum absolute atomic E-state index is 0.0648. The zero-order valence-electron chi connectivity index (χ0n) is 13.6. The molecule has 0 aliphatic heterocycles. The molecule has 3 aromatic rings. The first-order valence-corrected chi connectivity index (χ1v) is 7.75. The maximum atomic E-state index is 12.5. The van der Waals surface area contributed by atoms with E-state index in [1.807, 2.05) is 48.5 Å². The van der Waals surface area contributed by atoms with Gasteiger partial charge in [0.05, 0.1) is 6.54 Å². The average molecular weight is 335 g/mol. The van der Waals surface area contributed by atoms with Crippen LogP contribution in [-0.2, 0) is 11.3 Å². The van der Waals surface area contributed by atoms with Crippen molar-refractivity contribution in [1.29, 1.82) is 0 Å². The lowest BCUT2D eigenvalue weighted by molar-refractivity contribution is -0.114. The molecule has 0 aliphatic carbocycles. The van der Waals surface area contributed by atoms with Gasteiger partial charge in [0.1, 0.15) is 0 Å². The van der Waals surface area contributed by atoms with Crippen molar-refractivity contribution < 1.29 is 9.59 Å². The van der Waals surface area contributed by atoms with Crippen LogP contribution in [0.1, 0.15) is 23.0 Å². The number of benzene rings is 2. The smallest absolute Gasteiger partial charge is 0.280 e. The first-order valence-electron chi connectivity index (χ1n) is 7.75. The summed E-state index contributed by atoms with van der Waals surface area (Å²) in [6.07, 6.45) is 0. The SMILES string of the molecule is CC(=O)Nc1c(C(=O)Nc2ccccc2)nnn1Cc1ccccc1. The van der Waals surface area contributed by atoms with E-state index in [2.05, 4.69) is 20.9 Å². The Kier molecular flexibility index (Phi) is 4.84. The van der Waals surface area contributed by atoms with Gasteiger partial charge in [-0.15, -0.1) is 5.10 Å². The topological polar surface area (TPSA) is 88.9 Å². The second-order valence-corrected chi connectivity index (χ2v) is 5.43. The maximum Gasteiger partial charge on any atom is 0.280 e. The number of hydrogen-bond donors (Lipinski definition) is 2. The van der Waals surface area contributed by atoms with Crippen LogP contribution in [0.3, 0.4) is 0 Å². The molecule has 0 spiro atoms. The second-order valence-electron chi connectivity index (χ2n) is 5.43. The van der Waals surface area contributed by atoms with Crippen molar-refractivity contribution in [3.05, 3.63) is 71.9 Å². The quantitative estimate of drug-likeness (QED) is 0.750. The molecule has 0 bridgehead atoms. The third kappa shape index (κ3) is 4.08. The fourth-order valence-corrected chi connectivity index (χ4v) is 2.34. The van der Waals surface area contributed by atoms with Gasteiger partial charge in [-0.25, -0.2) is 4.68 Å². The van der Waals surface area contributed by atoms with Gasteiger partial charge >= 0.3 is 0 Å². The van der Waals surface area contributed by atoms with Crippen LogP contribution in [0.5, 0.6) is 0 Å². The summed E-state index contributed by atoms with van der Waals surface area (Å²) < 4.78 is 1.50. The van der Waals surface area contributed by atoms with Crippen LogP contribution < -0.4 is 10.6 Å². The van der Waals surface area contributed by atoms with Crippen molar-refractivity contribution in [2.45, 2.75) is 13.5 Å². The first-order chi connectivity index (χ1) is 12.1. The van der Waals surface area contributed by atoms with Gasteiger partial charge in [-0.3, -0.25) is 9.59 Å². The lowest BCUT2D eigenvalue weighted by atomic mass is 10.2. The van der Waals surface area contributed by atoms with Crippen molar-refractivity contribution in [2.24, 2.45) is 0 Å². The molecule has 7 nitrogen and oxygen atoms in total. The van der Waals surface area contributed by atoms with E-state index in [1.54, 1.807) is 12.1 Å². The Morgan fingerprint density at radius 3 is 2.24 bits per heavy atom. The summed E-state index contributed by atoms with van der Waals surface area (Å²) in [6, 6.07) is 18.6. The number of anilines is 2. The predicted octanol–water partition coefficient (Wildman–Crippen LogP) is 2.54. The molecule has 1 aromatic heterocycles. The Morgan fingerprint density at radius 1 is 0.960 bits per heavy atom. The fraction of sp³-hybridized carbons (Fsp3) is 0.111. The van der Waals surface area contributed by atoms with E-state index in [1.165, 1.54) is 11.6 Å². The lowest BCUT2D eigenvalue weighted by Crippen LogP contribution is -2.18. The molecular weight excluding hydrogens is 318 g/mol. The van der Waals surface area contributed by atoms with Gasteiger partial charge in [-0.05, 0) is 17.7 Å². The molecule has 0 saturated heterocycles. The van der Waals surface area contributed by atoms with E-state index < -0.39 is 5.91 Å². The number of carbonyl (C=O) groups is 2. The van der Waals surface area contributed by atoms with Crippen LogP contribution >= 0.6 is 0 Å². The summed E-state index contributed by atoms with van der Waals surface area (Å²) in [5.41, 5.74) is 1.68. The van der Waals surface area contributed by atoms with Crippen LogP contribution in [0.25, 0.3) is 0 Å². The Labute approximate surface area is 144 Å². The molecule has 126 valence electrons. The van der Waals surface area contributed by atoms with Crippen LogP contribution in [0.15, 0.2) is 60.7 Å². The number of carbonyl (C=O) groups excluding carboxylic acids is 2. The van der Waals surface area contributed by atoms with Crippen LogP contribution in [0.4, 0.5) is 11.5 Å². The molecular formula is C18H17N5O2. The van der Waals surface area contributed by atoms with Gasteiger partial charge in [-0.2, -0.15) is 0 Å². The molecule has 0 fully saturated rings. The largest absolute Gasteiger partial charge is 0.320 e. The van der Waals surface area contributed by atoms with Crippen molar-refractivity contribution in [3.63, 3.8) is 0 Å². The van der Waals surface area contributed by atoms with Gasteiger partial charge in [0.15, 0.2) is 11.5 Å². The molecule has 0 unspecified atom stereocenters. The standard InChI is InChI=1S/C18H17N5O2/c1-13(24)19-17-16(18(25)20-15-10-6-3-7-11-15)21-22-23(17)12-14-8-4-2-5-9-14/h2-11H,12H2,1H3,(H,19,24)(H,20,25). The summed E-state index contributed by atoms with van der Waals surface area (Å²) >= 11 is 0. The number of rotatable bonds is 5. The molecule has 7 heteroatoms. The number of nitrogens with one attached hydrogen (secondary N) is 2. The monoisotopic (exact) mass is 335 g/mol. The van der Waals surface area contributed by atoms with E-state index in [0.29, 0.717) is 12.2 Å². The zero-order valence-corrected chi connectivity index (χ0v) is 13.6. The highest BCUT2D eigenvalue weighted by molar-refractivity contribution is 6.07. The molecule has 0 aliphatic rings. The van der Waals surface area contributed by atoms with E-state index in [-0.39, 0.29) is 17.4 Å². The van der Waals surface area contributed by atoms with E-state index in [0.717, 1.165) is 5.56 Å². The average Bonchev–Trinajstić information content (AvgIpc) is 2.98. The Morgan fingerprint density at radius 2 is 1.60 bits per heavy atom. The fourth-order valence-electron chi connectivity index (χ4n) is 2.34. The molecule has 3 rings (SSSR count). The van der Waals surface area contributed by atoms with Gasteiger partial charge in [-0.1, -0.05) is 53.7 Å². The van der Waals surface area contributed by atoms with Gasteiger partial charge in [0.25, 0.3) is 5.91 Å². The maximum absolute atomic E-state index is 12.5. The van der Waals surface area contributed by atoms with Crippen LogP contribution in [0, 0.1) is 0 Å². The minimum atomic E-state index is -0.436. The Hall–Kier alpha value is -3.48. The van der Waals surface area contributed by atoms with Crippen molar-refractivity contribution in [3.8, 4) is 0 Å². The lowest BCUT2D eigenvalue weighted by Gasteiger charge is -2.09. The summed E-state index contributed by atoms with van der Waals surface area (Å²) in [5, 5.41) is 13.4. The number of aromatic nitrogens is 3. The van der Waals surface area contributed by atoms with E-state index in [4.69, 9.17) is 0 Å². The highest BCUT2D eigenvalue weighted by atomic mass is 16.2. The highest BCUT2D eigenvalue weighted by Crippen LogP contribution is 2.17. The third-order valence-electron chi connectivity index (χ3n) is 3.45. The molecule has 0 saturated carbocycles. The van der Waals surface area contributed by atoms with E-state index in [9.17, 15) is 9.59 Å². The normalized spacial score (nSPS) is 10.3. The molecule has 2 amide bonds. The molecule has 0 atom stereocenters. The molecule has 25 heavy (non-hydrogen) atoms. The Balaban J connectivity index is 1.88. The van der Waals surface area contributed by atoms with Crippen LogP contribution in [0.2, 0.25) is 0 Å². The summed E-state index contributed by atoms with van der Waals surface area (Å²) in [4.78, 5) is 24.0. The summed E-state index contributed by atoms with van der Waals surface area (Å²) in [7, 11) is 0. The highest BCUT2D eigenvalue weighted by Gasteiger charge is 2.21. The third-order valence-corrected chi connectivity index (χ3v) is 3.45. The number of hydrogen-bond acceptors (Lipinski definition) is 4. The van der Waals surface area contributed by atoms with Crippen LogP contribution in [-0.4, -0.2) is 26.8 Å². The van der Waals surface area contributed by atoms with Crippen molar-refractivity contribution in [2.75, 3.05) is 10.6 Å². The van der Waals surface area contributed by atoms with Gasteiger partial charge < -0.3 is 10.6 Å². The summed E-state index contributed by atoms with van der Waals surface area (Å²) in [5.74, 6) is -0.468. The van der Waals surface area contributed by atoms with Gasteiger partial charge in [0, 0.05) is 12.6 Å². The van der Waals surface area contributed by atoms with E-state index >= 15 is 0 Å². The zero-order chi connectivity index (χ0) is 17.6. The molecule has 0 radical (unpaired) electrons. The minimum Gasteiger partial charge on any atom is -0.320 e. The second kappa shape index (κ2) is 7.39. The summed E-state index contributed by atoms with van der Waals surface area (Å²) in [6.45, 7) is 1.76. The number of nitrogens with zero attached hydrogens (tertiary/aromatic N) is 3. The van der Waals surface area contributed by atoms with Gasteiger partial charge in [0.2, 0.25) is 5.91 Å².